The van der Waals surface area contributed by atoms with Gasteiger partial charge >= 0.3 is 0 Å². The molecule has 0 unspecified atom stereocenters. The monoisotopic (exact) mass is 388 g/mol. The van der Waals surface area contributed by atoms with Crippen LogP contribution in [0.5, 0.6) is 5.88 Å². The van der Waals surface area contributed by atoms with Crippen LogP contribution < -0.4 is 4.90 Å². The molecule has 136 valence electrons. The Kier molecular flexibility index (Phi) is 5.31. The minimum atomic E-state index is 0.266. The molecular formula is C19H22N3O2S2+. The number of thiazole rings is 1. The van der Waals surface area contributed by atoms with Gasteiger partial charge in [0.25, 0.3) is 0 Å². The molecule has 0 saturated carbocycles. The lowest BCUT2D eigenvalue weighted by Gasteiger charge is -2.23. The molecule has 1 aromatic carbocycles. The quantitative estimate of drug-likeness (QED) is 0.774. The summed E-state index contributed by atoms with van der Waals surface area (Å²) in [6.45, 7) is 5.66. The summed E-state index contributed by atoms with van der Waals surface area (Å²) in [4.78, 5) is 6.79. The van der Waals surface area contributed by atoms with Crippen LogP contribution in [0.3, 0.4) is 0 Å². The second kappa shape index (κ2) is 7.84. The van der Waals surface area contributed by atoms with Gasteiger partial charge in [0.1, 0.15) is 13.1 Å². The van der Waals surface area contributed by atoms with Crippen LogP contribution in [0.15, 0.2) is 29.3 Å². The van der Waals surface area contributed by atoms with Gasteiger partial charge in [-0.2, -0.15) is 0 Å². The Hall–Kier alpha value is -1.80. The van der Waals surface area contributed by atoms with Crippen molar-refractivity contribution in [2.24, 2.45) is 4.99 Å². The smallest absolute Gasteiger partial charge is 0.210 e. The number of allylic oxidation sites excluding steroid dienone is 1. The van der Waals surface area contributed by atoms with E-state index >= 15 is 0 Å². The predicted octanol–water partition coefficient (Wildman–Crippen LogP) is 2.55. The highest BCUT2D eigenvalue weighted by Crippen LogP contribution is 2.35. The molecule has 0 radical (unpaired) electrons. The van der Waals surface area contributed by atoms with Gasteiger partial charge in [-0.15, -0.1) is 11.3 Å². The van der Waals surface area contributed by atoms with Gasteiger partial charge in [-0.25, -0.2) is 0 Å². The van der Waals surface area contributed by atoms with Crippen LogP contribution in [0, 0.1) is 3.95 Å². The lowest BCUT2D eigenvalue weighted by molar-refractivity contribution is -0.908. The largest absolute Gasteiger partial charge is 0.493 e. The molecule has 2 aromatic rings. The molecule has 1 aromatic heterocycles. The van der Waals surface area contributed by atoms with E-state index < -0.39 is 0 Å². The number of para-hydroxylation sites is 1. The number of benzene rings is 1. The Bertz CT molecular complexity index is 908. The number of hydrogen-bond donors (Lipinski definition) is 2. The fourth-order valence-corrected chi connectivity index (χ4v) is 4.71. The average molecular weight is 389 g/mol. The maximum Gasteiger partial charge on any atom is 0.210 e. The molecule has 5 nitrogen and oxygen atoms in total. The molecule has 4 rings (SSSR count). The summed E-state index contributed by atoms with van der Waals surface area (Å²) in [6.07, 6.45) is 4.82. The number of aromatic hydroxyl groups is 1. The molecule has 0 spiro atoms. The number of fused-ring (bicyclic) bond motifs is 1. The molecule has 2 aliphatic rings. The first kappa shape index (κ1) is 17.6. The standard InChI is InChI=1S/C19H21N3O2S2/c23-18-17(12-14-13-20-16-5-2-1-4-15(14)16)26-19(25)22(18)7-3-6-21-8-10-24-11-9-21/h1-2,4-5,12-13,23H,3,6-11H2/p+1/b14-12+. The number of rotatable bonds is 5. The molecule has 0 aliphatic carbocycles. The van der Waals surface area contributed by atoms with E-state index in [0.29, 0.717) is 0 Å². The predicted molar refractivity (Wildman–Crippen MR) is 108 cm³/mol. The molecule has 0 bridgehead atoms. The zero-order valence-electron chi connectivity index (χ0n) is 14.5. The SMILES string of the molecule is Oc1c(/C=C2\C=Nc3ccccc32)sc(=S)n1CCC[NH+]1CCOCC1. The van der Waals surface area contributed by atoms with E-state index in [1.165, 1.54) is 11.3 Å². The van der Waals surface area contributed by atoms with Crippen molar-refractivity contribution in [1.82, 2.24) is 4.57 Å². The fourth-order valence-electron chi connectivity index (χ4n) is 3.40. The topological polar surface area (TPSA) is 51.2 Å². The van der Waals surface area contributed by atoms with E-state index in [4.69, 9.17) is 17.0 Å². The van der Waals surface area contributed by atoms with Crippen molar-refractivity contribution in [3.63, 3.8) is 0 Å². The summed E-state index contributed by atoms with van der Waals surface area (Å²) in [5.74, 6) is 0.266. The number of quaternary nitrogens is 1. The van der Waals surface area contributed by atoms with Crippen molar-refractivity contribution in [1.29, 1.82) is 0 Å². The third-order valence-electron chi connectivity index (χ3n) is 4.85. The molecule has 2 N–H and O–H groups in total. The van der Waals surface area contributed by atoms with Gasteiger partial charge in [0, 0.05) is 30.3 Å². The zero-order chi connectivity index (χ0) is 17.9. The van der Waals surface area contributed by atoms with Crippen molar-refractivity contribution in [2.75, 3.05) is 32.8 Å². The van der Waals surface area contributed by atoms with E-state index in [1.54, 1.807) is 4.90 Å². The minimum absolute atomic E-state index is 0.266. The Morgan fingerprint density at radius 3 is 2.96 bits per heavy atom. The summed E-state index contributed by atoms with van der Waals surface area (Å²) in [7, 11) is 0. The normalized spacial score (nSPS) is 18.5. The number of nitrogens with zero attached hydrogens (tertiary/aromatic N) is 2. The molecule has 0 amide bonds. The number of hydrogen-bond acceptors (Lipinski definition) is 5. The second-order valence-electron chi connectivity index (χ2n) is 6.55. The second-order valence-corrected chi connectivity index (χ2v) is 8.22. The summed E-state index contributed by atoms with van der Waals surface area (Å²) < 4.78 is 7.96. The first-order valence-electron chi connectivity index (χ1n) is 8.91. The van der Waals surface area contributed by atoms with Gasteiger partial charge in [0.2, 0.25) is 5.88 Å². The van der Waals surface area contributed by atoms with E-state index in [9.17, 15) is 5.11 Å². The Labute approximate surface area is 161 Å². The van der Waals surface area contributed by atoms with Crippen LogP contribution in [-0.2, 0) is 11.3 Å². The maximum absolute atomic E-state index is 10.6. The van der Waals surface area contributed by atoms with E-state index in [0.717, 1.165) is 71.5 Å². The summed E-state index contributed by atoms with van der Waals surface area (Å²) in [5, 5.41) is 10.6. The lowest BCUT2D eigenvalue weighted by atomic mass is 10.1. The van der Waals surface area contributed by atoms with Gasteiger partial charge < -0.3 is 14.7 Å². The van der Waals surface area contributed by atoms with E-state index in [1.807, 2.05) is 41.1 Å². The average Bonchev–Trinajstić information content (AvgIpc) is 3.19. The molecular weight excluding hydrogens is 366 g/mol. The van der Waals surface area contributed by atoms with Crippen molar-refractivity contribution in [3.8, 4) is 5.88 Å². The summed E-state index contributed by atoms with van der Waals surface area (Å²) in [6, 6.07) is 8.02. The molecule has 3 heterocycles. The Morgan fingerprint density at radius 1 is 1.31 bits per heavy atom. The van der Waals surface area contributed by atoms with Crippen LogP contribution >= 0.6 is 23.6 Å². The zero-order valence-corrected chi connectivity index (χ0v) is 16.1. The molecule has 26 heavy (non-hydrogen) atoms. The first-order valence-corrected chi connectivity index (χ1v) is 10.1. The van der Waals surface area contributed by atoms with Crippen LogP contribution in [0.2, 0.25) is 0 Å². The molecule has 2 aliphatic heterocycles. The van der Waals surface area contributed by atoms with E-state index in [2.05, 4.69) is 4.99 Å². The molecule has 7 heteroatoms. The summed E-state index contributed by atoms with van der Waals surface area (Å²) >= 11 is 6.93. The number of aromatic nitrogens is 1. The van der Waals surface area contributed by atoms with Gasteiger partial charge in [-0.05, 0) is 24.4 Å². The van der Waals surface area contributed by atoms with Gasteiger partial charge in [0.15, 0.2) is 3.95 Å². The summed E-state index contributed by atoms with van der Waals surface area (Å²) in [5.41, 5.74) is 3.07. The third kappa shape index (κ3) is 3.66. The Balaban J connectivity index is 1.48. The maximum atomic E-state index is 10.6. The van der Waals surface area contributed by atoms with Crippen molar-refractivity contribution < 1.29 is 14.7 Å². The number of ether oxygens (including phenoxy) is 1. The highest BCUT2D eigenvalue weighted by atomic mass is 32.1. The number of nitrogens with one attached hydrogen (secondary N) is 1. The van der Waals surface area contributed by atoms with Crippen molar-refractivity contribution in [2.45, 2.75) is 13.0 Å². The first-order chi connectivity index (χ1) is 12.7. The fraction of sp³-hybridized carbons (Fsp3) is 0.368. The highest BCUT2D eigenvalue weighted by molar-refractivity contribution is 7.73. The third-order valence-corrected chi connectivity index (χ3v) is 6.24. The van der Waals surface area contributed by atoms with Gasteiger partial charge in [-0.3, -0.25) is 9.56 Å². The van der Waals surface area contributed by atoms with Crippen LogP contribution in [0.25, 0.3) is 11.6 Å². The molecule has 1 fully saturated rings. The van der Waals surface area contributed by atoms with Crippen molar-refractivity contribution in [3.05, 3.63) is 38.7 Å². The minimum Gasteiger partial charge on any atom is -0.493 e. The van der Waals surface area contributed by atoms with E-state index in [-0.39, 0.29) is 5.88 Å². The number of aliphatic imine (C=N–C) groups is 1. The van der Waals surface area contributed by atoms with Gasteiger partial charge in [-0.1, -0.05) is 18.2 Å². The van der Waals surface area contributed by atoms with Crippen LogP contribution in [0.1, 0.15) is 16.9 Å². The molecule has 1 saturated heterocycles. The highest BCUT2D eigenvalue weighted by Gasteiger charge is 2.17. The van der Waals surface area contributed by atoms with Crippen molar-refractivity contribution >= 4 is 47.1 Å². The van der Waals surface area contributed by atoms with Crippen LogP contribution in [0.4, 0.5) is 5.69 Å². The number of morpholine rings is 1. The van der Waals surface area contributed by atoms with Gasteiger partial charge in [0.05, 0.1) is 30.3 Å². The Morgan fingerprint density at radius 2 is 2.12 bits per heavy atom. The lowest BCUT2D eigenvalue weighted by Crippen LogP contribution is -3.14. The van der Waals surface area contributed by atoms with Crippen LogP contribution in [-0.4, -0.2) is 48.7 Å². The molecule has 0 atom stereocenters.